The number of hydrogen-bond donors (Lipinski definition) is 0. The molecule has 0 rings (SSSR count). The number of esters is 3. The van der Waals surface area contributed by atoms with Gasteiger partial charge in [0.05, 0.1) is 0 Å². The monoisotopic (exact) mass is 837 g/mol. The zero-order valence-corrected chi connectivity index (χ0v) is 39.2. The minimum absolute atomic E-state index is 0.0959. The lowest BCUT2D eigenvalue weighted by Gasteiger charge is -2.18. The van der Waals surface area contributed by atoms with Gasteiger partial charge in [0.25, 0.3) is 0 Å². The Balaban J connectivity index is 4.46. The minimum Gasteiger partial charge on any atom is -0.462 e. The van der Waals surface area contributed by atoms with Crippen LogP contribution in [0.4, 0.5) is 0 Å². The highest BCUT2D eigenvalue weighted by atomic mass is 16.6. The van der Waals surface area contributed by atoms with E-state index in [-0.39, 0.29) is 37.5 Å². The molecule has 0 aliphatic heterocycles. The lowest BCUT2D eigenvalue weighted by atomic mass is 10.0. The predicted octanol–water partition coefficient (Wildman–Crippen LogP) is 16.3. The van der Waals surface area contributed by atoms with Crippen LogP contribution in [-0.4, -0.2) is 37.2 Å². The summed E-state index contributed by atoms with van der Waals surface area (Å²) in [7, 11) is 0. The van der Waals surface area contributed by atoms with Crippen molar-refractivity contribution in [2.24, 2.45) is 0 Å². The molecule has 0 aromatic rings. The summed E-state index contributed by atoms with van der Waals surface area (Å²) in [6.45, 7) is 6.44. The van der Waals surface area contributed by atoms with Gasteiger partial charge in [0.1, 0.15) is 13.2 Å². The Morgan fingerprint density at radius 1 is 0.350 bits per heavy atom. The van der Waals surface area contributed by atoms with Crippen LogP contribution in [0.5, 0.6) is 0 Å². The maximum Gasteiger partial charge on any atom is 0.306 e. The van der Waals surface area contributed by atoms with Crippen LogP contribution in [0.25, 0.3) is 0 Å². The Labute approximate surface area is 370 Å². The molecule has 6 nitrogen and oxygen atoms in total. The van der Waals surface area contributed by atoms with Crippen molar-refractivity contribution in [3.63, 3.8) is 0 Å². The van der Waals surface area contributed by atoms with Gasteiger partial charge in [-0.05, 0) is 57.8 Å². The Hall–Kier alpha value is -3.15. The molecule has 344 valence electrons. The molecule has 1 atom stereocenters. The molecule has 0 spiro atoms. The quantitative estimate of drug-likeness (QED) is 0.0263. The lowest BCUT2D eigenvalue weighted by molar-refractivity contribution is -0.166. The first kappa shape index (κ1) is 56.9. The van der Waals surface area contributed by atoms with Gasteiger partial charge in [0, 0.05) is 19.3 Å². The van der Waals surface area contributed by atoms with Crippen molar-refractivity contribution >= 4 is 17.9 Å². The van der Waals surface area contributed by atoms with Gasteiger partial charge in [-0.2, -0.15) is 0 Å². The standard InChI is InChI=1S/C54H92O6/c1-4-7-10-13-16-19-22-24-25-26-27-28-29-31-32-35-38-41-44-47-53(56)59-50-51(49-58-52(55)46-43-40-37-34-21-18-15-12-9-6-3)60-54(57)48-45-42-39-36-33-30-23-20-17-14-11-8-5-2/h7,10,16,19,24-25,27-28,31-32,38,41,51H,4-6,8-9,11-15,17-18,20-23,26,29-30,33-37,39-40,42-50H2,1-3H3/b10-7-,19-16-,25-24-,28-27-,32-31-,41-38-/t51-/m1/s1. The molecule has 60 heavy (non-hydrogen) atoms. The van der Waals surface area contributed by atoms with Gasteiger partial charge in [-0.1, -0.05) is 229 Å². The van der Waals surface area contributed by atoms with Crippen LogP contribution in [0.1, 0.15) is 233 Å². The fraction of sp³-hybridized carbons (Fsp3) is 0.722. The van der Waals surface area contributed by atoms with Crippen molar-refractivity contribution in [2.45, 2.75) is 239 Å². The second-order valence-corrected chi connectivity index (χ2v) is 16.4. The van der Waals surface area contributed by atoms with Gasteiger partial charge < -0.3 is 14.2 Å². The Morgan fingerprint density at radius 2 is 0.650 bits per heavy atom. The first-order valence-corrected chi connectivity index (χ1v) is 24.9. The first-order chi connectivity index (χ1) is 29.5. The summed E-state index contributed by atoms with van der Waals surface area (Å²) in [4.78, 5) is 37.8. The van der Waals surface area contributed by atoms with Gasteiger partial charge in [-0.25, -0.2) is 0 Å². The second-order valence-electron chi connectivity index (χ2n) is 16.4. The molecule has 0 bridgehead atoms. The minimum atomic E-state index is -0.800. The average Bonchev–Trinajstić information content (AvgIpc) is 3.24. The van der Waals surface area contributed by atoms with E-state index >= 15 is 0 Å². The third-order valence-corrected chi connectivity index (χ3v) is 10.5. The van der Waals surface area contributed by atoms with Crippen molar-refractivity contribution < 1.29 is 28.6 Å². The lowest BCUT2D eigenvalue weighted by Crippen LogP contribution is -2.30. The fourth-order valence-corrected chi connectivity index (χ4v) is 6.76. The van der Waals surface area contributed by atoms with Crippen molar-refractivity contribution in [2.75, 3.05) is 13.2 Å². The summed E-state index contributed by atoms with van der Waals surface area (Å²) < 4.78 is 16.7. The molecule has 0 saturated heterocycles. The maximum absolute atomic E-state index is 12.7. The molecular formula is C54H92O6. The summed E-state index contributed by atoms with van der Waals surface area (Å²) in [6.07, 6.45) is 60.4. The van der Waals surface area contributed by atoms with E-state index in [2.05, 4.69) is 87.6 Å². The van der Waals surface area contributed by atoms with Crippen LogP contribution in [-0.2, 0) is 28.6 Å². The van der Waals surface area contributed by atoms with Crippen LogP contribution in [0, 0.1) is 0 Å². The number of hydrogen-bond acceptors (Lipinski definition) is 6. The molecule has 0 aliphatic rings. The van der Waals surface area contributed by atoms with E-state index in [9.17, 15) is 14.4 Å². The topological polar surface area (TPSA) is 78.9 Å². The summed E-state index contributed by atoms with van der Waals surface area (Å²) >= 11 is 0. The zero-order chi connectivity index (χ0) is 43.7. The van der Waals surface area contributed by atoms with E-state index in [0.29, 0.717) is 19.3 Å². The van der Waals surface area contributed by atoms with Gasteiger partial charge in [-0.15, -0.1) is 0 Å². The van der Waals surface area contributed by atoms with Crippen LogP contribution < -0.4 is 0 Å². The molecule has 0 aromatic heterocycles. The Morgan fingerprint density at radius 3 is 1.02 bits per heavy atom. The molecule has 0 N–H and O–H groups in total. The smallest absolute Gasteiger partial charge is 0.306 e. The van der Waals surface area contributed by atoms with Crippen LogP contribution in [0.15, 0.2) is 72.9 Å². The first-order valence-electron chi connectivity index (χ1n) is 24.9. The number of carbonyl (C=O) groups excluding carboxylic acids is 3. The summed E-state index contributed by atoms with van der Waals surface area (Å²) in [5, 5.41) is 0. The fourth-order valence-electron chi connectivity index (χ4n) is 6.76. The van der Waals surface area contributed by atoms with Gasteiger partial charge >= 0.3 is 17.9 Å². The molecule has 0 unspecified atom stereocenters. The third kappa shape index (κ3) is 45.9. The van der Waals surface area contributed by atoms with Crippen molar-refractivity contribution in [3.05, 3.63) is 72.9 Å². The van der Waals surface area contributed by atoms with Crippen LogP contribution >= 0.6 is 0 Å². The van der Waals surface area contributed by atoms with E-state index < -0.39 is 6.10 Å². The Bertz CT molecular complexity index is 1140. The van der Waals surface area contributed by atoms with E-state index in [0.717, 1.165) is 77.0 Å². The van der Waals surface area contributed by atoms with Crippen molar-refractivity contribution in [1.29, 1.82) is 0 Å². The highest BCUT2D eigenvalue weighted by molar-refractivity contribution is 5.71. The highest BCUT2D eigenvalue weighted by Gasteiger charge is 2.19. The SMILES string of the molecule is CC/C=C\C/C=C\C/C=C\C/C=C\C/C=C\C/C=C\CCC(=O)OC[C@@H](COC(=O)CCCCCCCCCCCC)OC(=O)CCCCCCCCCCCCCCC. The Kier molecular flexibility index (Phi) is 46.0. The van der Waals surface area contributed by atoms with Gasteiger partial charge in [-0.3, -0.25) is 14.4 Å². The van der Waals surface area contributed by atoms with E-state index in [4.69, 9.17) is 14.2 Å². The van der Waals surface area contributed by atoms with Crippen LogP contribution in [0.3, 0.4) is 0 Å². The third-order valence-electron chi connectivity index (χ3n) is 10.5. The number of carbonyl (C=O) groups is 3. The summed E-state index contributed by atoms with van der Waals surface area (Å²) in [6, 6.07) is 0. The molecular weight excluding hydrogens is 745 g/mol. The van der Waals surface area contributed by atoms with E-state index in [1.54, 1.807) is 0 Å². The van der Waals surface area contributed by atoms with Crippen LogP contribution in [0.2, 0.25) is 0 Å². The second kappa shape index (κ2) is 48.5. The normalized spacial score (nSPS) is 12.7. The van der Waals surface area contributed by atoms with Crippen molar-refractivity contribution in [1.82, 2.24) is 0 Å². The molecule has 0 fully saturated rings. The van der Waals surface area contributed by atoms with E-state index in [1.165, 1.54) is 109 Å². The molecule has 0 amide bonds. The number of rotatable bonds is 44. The molecule has 0 aliphatic carbocycles. The molecule has 0 radical (unpaired) electrons. The number of ether oxygens (including phenoxy) is 3. The predicted molar refractivity (Wildman–Crippen MR) is 256 cm³/mol. The molecule has 0 heterocycles. The van der Waals surface area contributed by atoms with E-state index in [1.807, 2.05) is 6.08 Å². The zero-order valence-electron chi connectivity index (χ0n) is 39.2. The average molecular weight is 837 g/mol. The summed E-state index contributed by atoms with van der Waals surface area (Å²) in [5.41, 5.74) is 0. The van der Waals surface area contributed by atoms with Gasteiger partial charge in [0.15, 0.2) is 6.10 Å². The largest absolute Gasteiger partial charge is 0.462 e. The maximum atomic E-state index is 12.7. The van der Waals surface area contributed by atoms with Gasteiger partial charge in [0.2, 0.25) is 0 Å². The number of allylic oxidation sites excluding steroid dienone is 12. The molecule has 6 heteroatoms. The highest BCUT2D eigenvalue weighted by Crippen LogP contribution is 2.15. The van der Waals surface area contributed by atoms with Crippen molar-refractivity contribution in [3.8, 4) is 0 Å². The molecule has 0 aromatic carbocycles. The number of unbranched alkanes of at least 4 members (excludes halogenated alkanes) is 21. The summed E-state index contributed by atoms with van der Waals surface area (Å²) in [5.74, 6) is -0.984. The molecule has 0 saturated carbocycles.